The van der Waals surface area contributed by atoms with E-state index in [0.29, 0.717) is 23.4 Å². The maximum absolute atomic E-state index is 14.9. The van der Waals surface area contributed by atoms with Gasteiger partial charge in [-0.3, -0.25) is 9.47 Å². The van der Waals surface area contributed by atoms with Gasteiger partial charge < -0.3 is 24.7 Å². The van der Waals surface area contributed by atoms with E-state index >= 15 is 0 Å². The maximum atomic E-state index is 14.9. The molecule has 2 atom stereocenters. The second-order valence-corrected chi connectivity index (χ2v) is 8.14. The molecule has 1 fully saturated rings. The molecule has 2 aliphatic rings. The standard InChI is InChI=1S/C22H19FN4O6/c1-22(12-25-10-19(27(30)31)24-20(25)33-22)14-4-2-13(3-5-14)17-7-6-15(8-18(17)23)26-9-16(11-28)32-21(26)29/h2-8,10,16,28H,9,11-12H2,1H3. The van der Waals surface area contributed by atoms with Crippen molar-refractivity contribution in [3.8, 4) is 17.1 Å². The van der Waals surface area contributed by atoms with Crippen molar-refractivity contribution in [3.63, 3.8) is 0 Å². The number of hydrogen-bond donors (Lipinski definition) is 1. The van der Waals surface area contributed by atoms with Crippen LogP contribution in [0.5, 0.6) is 6.01 Å². The third kappa shape index (κ3) is 3.55. The second kappa shape index (κ2) is 7.55. The van der Waals surface area contributed by atoms with E-state index in [0.717, 1.165) is 5.56 Å². The average molecular weight is 454 g/mol. The van der Waals surface area contributed by atoms with Crippen LogP contribution in [0.1, 0.15) is 12.5 Å². The summed E-state index contributed by atoms with van der Waals surface area (Å²) in [6.45, 7) is 2.07. The highest BCUT2D eigenvalue weighted by Gasteiger charge is 2.41. The van der Waals surface area contributed by atoms with Gasteiger partial charge in [0.1, 0.15) is 18.1 Å². The molecule has 1 aromatic heterocycles. The van der Waals surface area contributed by atoms with Crippen molar-refractivity contribution in [2.24, 2.45) is 0 Å². The molecule has 0 saturated carbocycles. The van der Waals surface area contributed by atoms with E-state index in [-0.39, 0.29) is 25.0 Å². The molecule has 1 saturated heterocycles. The van der Waals surface area contributed by atoms with Gasteiger partial charge in [-0.2, -0.15) is 0 Å². The molecule has 2 aliphatic heterocycles. The van der Waals surface area contributed by atoms with Crippen LogP contribution in [0.4, 0.5) is 20.7 Å². The predicted octanol–water partition coefficient (Wildman–Crippen LogP) is 3.22. The molecular formula is C22H19FN4O6. The normalized spacial score (nSPS) is 21.6. The van der Waals surface area contributed by atoms with E-state index in [1.807, 2.05) is 19.1 Å². The summed E-state index contributed by atoms with van der Waals surface area (Å²) in [5.74, 6) is -0.772. The lowest BCUT2D eigenvalue weighted by molar-refractivity contribution is -0.389. The van der Waals surface area contributed by atoms with Gasteiger partial charge in [-0.25, -0.2) is 9.18 Å². The van der Waals surface area contributed by atoms with Gasteiger partial charge >= 0.3 is 17.9 Å². The lowest BCUT2D eigenvalue weighted by atomic mass is 9.93. The Kier molecular flexibility index (Phi) is 4.78. The minimum absolute atomic E-state index is 0.155. The molecule has 0 radical (unpaired) electrons. The third-order valence-electron chi connectivity index (χ3n) is 5.85. The van der Waals surface area contributed by atoms with E-state index in [1.165, 1.54) is 17.2 Å². The minimum atomic E-state index is -0.766. The molecule has 2 unspecified atom stereocenters. The topological polar surface area (TPSA) is 120 Å². The van der Waals surface area contributed by atoms with Gasteiger partial charge in [0.25, 0.3) is 0 Å². The van der Waals surface area contributed by atoms with Gasteiger partial charge in [0, 0.05) is 10.5 Å². The number of aliphatic hydroxyl groups is 1. The summed E-state index contributed by atoms with van der Waals surface area (Å²) < 4.78 is 27.4. The van der Waals surface area contributed by atoms with Gasteiger partial charge in [-0.05, 0) is 41.2 Å². The van der Waals surface area contributed by atoms with E-state index in [4.69, 9.17) is 14.6 Å². The Labute approximate surface area is 186 Å². The SMILES string of the molecule is CC1(c2ccc(-c3ccc(N4CC(CO)OC4=O)cc3F)cc2)Cn2cc([N+](=O)[O-])nc2O1. The first-order valence-corrected chi connectivity index (χ1v) is 10.2. The van der Waals surface area contributed by atoms with Crippen LogP contribution in [0.25, 0.3) is 11.1 Å². The molecular weight excluding hydrogens is 435 g/mol. The Hall–Kier alpha value is -3.99. The first kappa shape index (κ1) is 20.9. The molecule has 0 bridgehead atoms. The van der Waals surface area contributed by atoms with Crippen molar-refractivity contribution >= 4 is 17.6 Å². The summed E-state index contributed by atoms with van der Waals surface area (Å²) in [6, 6.07) is 11.8. The maximum Gasteiger partial charge on any atom is 0.415 e. The van der Waals surface area contributed by atoms with E-state index < -0.39 is 28.5 Å². The first-order valence-electron chi connectivity index (χ1n) is 10.2. The fourth-order valence-corrected chi connectivity index (χ4v) is 4.11. The Morgan fingerprint density at radius 2 is 2.06 bits per heavy atom. The number of nitro groups is 1. The van der Waals surface area contributed by atoms with E-state index in [9.17, 15) is 19.3 Å². The Morgan fingerprint density at radius 3 is 2.67 bits per heavy atom. The number of aromatic nitrogens is 2. The number of anilines is 1. The van der Waals surface area contributed by atoms with Gasteiger partial charge in [0.15, 0.2) is 5.60 Å². The number of halogens is 1. The molecule has 0 spiro atoms. The van der Waals surface area contributed by atoms with Crippen LogP contribution in [0, 0.1) is 15.9 Å². The highest BCUT2D eigenvalue weighted by Crippen LogP contribution is 2.38. The van der Waals surface area contributed by atoms with Crippen molar-refractivity contribution in [2.75, 3.05) is 18.1 Å². The number of rotatable bonds is 5. The van der Waals surface area contributed by atoms with Crippen LogP contribution in [-0.4, -0.2) is 44.9 Å². The highest BCUT2D eigenvalue weighted by molar-refractivity contribution is 5.90. The second-order valence-electron chi connectivity index (χ2n) is 8.14. The van der Waals surface area contributed by atoms with Gasteiger partial charge in [-0.1, -0.05) is 24.3 Å². The fraction of sp³-hybridized carbons (Fsp3) is 0.273. The molecule has 1 N–H and O–H groups in total. The summed E-state index contributed by atoms with van der Waals surface area (Å²) in [5, 5.41) is 20.1. The molecule has 1 amide bonds. The monoisotopic (exact) mass is 454 g/mol. The lowest BCUT2D eigenvalue weighted by Crippen LogP contribution is -2.28. The van der Waals surface area contributed by atoms with Gasteiger partial charge in [-0.15, -0.1) is 0 Å². The van der Waals surface area contributed by atoms with Crippen molar-refractivity contribution < 1.29 is 28.7 Å². The minimum Gasteiger partial charge on any atom is -0.441 e. The van der Waals surface area contributed by atoms with Crippen LogP contribution in [0.15, 0.2) is 48.7 Å². The quantitative estimate of drug-likeness (QED) is 0.464. The Balaban J connectivity index is 1.35. The van der Waals surface area contributed by atoms with Crippen LogP contribution in [-0.2, 0) is 16.9 Å². The lowest BCUT2D eigenvalue weighted by Gasteiger charge is -2.22. The van der Waals surface area contributed by atoms with Crippen LogP contribution in [0.2, 0.25) is 0 Å². The summed E-state index contributed by atoms with van der Waals surface area (Å²) >= 11 is 0. The number of imidazole rings is 1. The third-order valence-corrected chi connectivity index (χ3v) is 5.85. The smallest absolute Gasteiger partial charge is 0.415 e. The number of carbonyl (C=O) groups is 1. The van der Waals surface area contributed by atoms with Gasteiger partial charge in [0.2, 0.25) is 0 Å². The van der Waals surface area contributed by atoms with Crippen molar-refractivity contribution in [2.45, 2.75) is 25.2 Å². The number of benzene rings is 2. The summed E-state index contributed by atoms with van der Waals surface area (Å²) in [4.78, 5) is 27.4. The zero-order chi connectivity index (χ0) is 23.3. The largest absolute Gasteiger partial charge is 0.441 e. The van der Waals surface area contributed by atoms with E-state index in [2.05, 4.69) is 4.98 Å². The molecule has 10 nitrogen and oxygen atoms in total. The van der Waals surface area contributed by atoms with E-state index in [1.54, 1.807) is 28.8 Å². The number of carbonyl (C=O) groups excluding carboxylic acids is 1. The molecule has 11 heteroatoms. The van der Waals surface area contributed by atoms with Crippen molar-refractivity contribution in [1.29, 1.82) is 0 Å². The van der Waals surface area contributed by atoms with Gasteiger partial charge in [0.05, 0.1) is 25.4 Å². The number of ether oxygens (including phenoxy) is 2. The Bertz CT molecular complexity index is 1230. The molecule has 170 valence electrons. The first-order chi connectivity index (χ1) is 15.8. The molecule has 33 heavy (non-hydrogen) atoms. The number of hydrogen-bond acceptors (Lipinski definition) is 7. The molecule has 5 rings (SSSR count). The molecule has 2 aromatic carbocycles. The highest BCUT2D eigenvalue weighted by atomic mass is 19.1. The fourth-order valence-electron chi connectivity index (χ4n) is 4.11. The average Bonchev–Trinajstić information content (AvgIpc) is 3.45. The zero-order valence-electron chi connectivity index (χ0n) is 17.5. The predicted molar refractivity (Wildman–Crippen MR) is 113 cm³/mol. The number of cyclic esters (lactones) is 1. The molecule has 3 aromatic rings. The van der Waals surface area contributed by atoms with Crippen LogP contribution in [0.3, 0.4) is 0 Å². The van der Waals surface area contributed by atoms with Crippen molar-refractivity contribution in [1.82, 2.24) is 9.55 Å². The number of nitrogens with zero attached hydrogens (tertiary/aromatic N) is 4. The van der Waals surface area contributed by atoms with Crippen molar-refractivity contribution in [3.05, 3.63) is 70.2 Å². The number of amides is 1. The number of aliphatic hydroxyl groups excluding tert-OH is 1. The van der Waals surface area contributed by atoms with Crippen LogP contribution < -0.4 is 9.64 Å². The summed E-state index contributed by atoms with van der Waals surface area (Å²) in [5.41, 5.74) is 1.39. The Morgan fingerprint density at radius 1 is 1.30 bits per heavy atom. The molecule has 3 heterocycles. The summed E-state index contributed by atoms with van der Waals surface area (Å²) in [7, 11) is 0. The van der Waals surface area contributed by atoms with Crippen LogP contribution >= 0.6 is 0 Å². The summed E-state index contributed by atoms with van der Waals surface area (Å²) in [6.07, 6.45) is 0.0844. The molecule has 0 aliphatic carbocycles. The zero-order valence-corrected chi connectivity index (χ0v) is 17.5. The number of fused-ring (bicyclic) bond motifs is 1.